The number of hydrogen-bond acceptors (Lipinski definition) is 5. The lowest BCUT2D eigenvalue weighted by Gasteiger charge is -2.05. The molecule has 3 aromatic rings. The summed E-state index contributed by atoms with van der Waals surface area (Å²) in [5, 5.41) is 19.6. The zero-order chi connectivity index (χ0) is 16.4. The summed E-state index contributed by atoms with van der Waals surface area (Å²) in [6.45, 7) is 0. The van der Waals surface area contributed by atoms with Crippen molar-refractivity contribution < 1.29 is 14.7 Å². The Labute approximate surface area is 130 Å². The number of carboxylic acids is 1. The summed E-state index contributed by atoms with van der Waals surface area (Å²) in [4.78, 5) is 27.2. The number of carbonyl (C=O) groups is 2. The highest BCUT2D eigenvalue weighted by molar-refractivity contribution is 6.09. The predicted octanol–water partition coefficient (Wildman–Crippen LogP) is 0.951. The van der Waals surface area contributed by atoms with Crippen LogP contribution in [0.25, 0.3) is 5.69 Å². The number of amides is 1. The number of hydrogen-bond donors (Lipinski definition) is 2. The van der Waals surface area contributed by atoms with E-state index >= 15 is 0 Å². The maximum absolute atomic E-state index is 12.2. The first-order chi connectivity index (χ1) is 11.0. The topological polar surface area (TPSA) is 115 Å². The molecule has 2 N–H and O–H groups in total. The molecule has 0 fully saturated rings. The number of aromatic carboxylic acids is 1. The molecule has 0 radical (unpaired) electrons. The molecule has 0 aliphatic carbocycles. The third kappa shape index (κ3) is 2.93. The molecular weight excluding hydrogens is 300 g/mol. The van der Waals surface area contributed by atoms with Gasteiger partial charge in [0.25, 0.3) is 5.91 Å². The van der Waals surface area contributed by atoms with Crippen LogP contribution < -0.4 is 5.32 Å². The van der Waals surface area contributed by atoms with Crippen molar-refractivity contribution in [1.82, 2.24) is 24.5 Å². The van der Waals surface area contributed by atoms with Crippen molar-refractivity contribution in [3.63, 3.8) is 0 Å². The molecule has 1 amide bonds. The van der Waals surface area contributed by atoms with Gasteiger partial charge in [-0.3, -0.25) is 9.48 Å². The zero-order valence-electron chi connectivity index (χ0n) is 12.0. The van der Waals surface area contributed by atoms with Crippen LogP contribution in [0.5, 0.6) is 0 Å². The van der Waals surface area contributed by atoms with Gasteiger partial charge in [0.15, 0.2) is 5.69 Å². The van der Waals surface area contributed by atoms with Gasteiger partial charge in [0.1, 0.15) is 18.2 Å². The average molecular weight is 312 g/mol. The first kappa shape index (κ1) is 14.4. The fraction of sp³-hybridized carbons (Fsp3) is 0.0714. The molecule has 0 atom stereocenters. The van der Waals surface area contributed by atoms with E-state index in [1.54, 1.807) is 42.3 Å². The Morgan fingerprint density at radius 2 is 1.96 bits per heavy atom. The molecule has 0 aliphatic heterocycles. The van der Waals surface area contributed by atoms with Gasteiger partial charge in [-0.2, -0.15) is 10.2 Å². The third-order valence-corrected chi connectivity index (χ3v) is 3.08. The van der Waals surface area contributed by atoms with Crippen LogP contribution in [0.15, 0.2) is 43.1 Å². The standard InChI is InChI=1S/C14H12N6O3/c1-19-6-11(14(22)23)12(18-19)13(21)17-9-2-4-10(5-3-9)20-8-15-7-16-20/h2-8H,1H3,(H,17,21)(H,22,23). The number of rotatable bonds is 4. The molecular formula is C14H12N6O3. The van der Waals surface area contributed by atoms with E-state index in [1.165, 1.54) is 17.2 Å². The van der Waals surface area contributed by atoms with E-state index in [9.17, 15) is 9.59 Å². The van der Waals surface area contributed by atoms with Crippen molar-refractivity contribution in [3.05, 3.63) is 54.4 Å². The van der Waals surface area contributed by atoms with Crippen molar-refractivity contribution in [1.29, 1.82) is 0 Å². The SMILES string of the molecule is Cn1cc(C(=O)O)c(C(=O)Nc2ccc(-n3cncn3)cc2)n1. The molecule has 0 spiro atoms. The second-order valence-corrected chi connectivity index (χ2v) is 4.71. The Balaban J connectivity index is 1.79. The smallest absolute Gasteiger partial charge is 0.339 e. The minimum atomic E-state index is -1.20. The summed E-state index contributed by atoms with van der Waals surface area (Å²) in [5.41, 5.74) is 1.01. The van der Waals surface area contributed by atoms with Gasteiger partial charge >= 0.3 is 5.97 Å². The molecule has 0 saturated carbocycles. The van der Waals surface area contributed by atoms with Gasteiger partial charge in [-0.05, 0) is 24.3 Å². The van der Waals surface area contributed by atoms with Gasteiger partial charge in [0.05, 0.1) is 5.69 Å². The van der Waals surface area contributed by atoms with Crippen LogP contribution in [-0.4, -0.2) is 41.5 Å². The average Bonchev–Trinajstić information content (AvgIpc) is 3.17. The van der Waals surface area contributed by atoms with Gasteiger partial charge in [-0.15, -0.1) is 0 Å². The first-order valence-corrected chi connectivity index (χ1v) is 6.58. The van der Waals surface area contributed by atoms with Gasteiger partial charge in [0, 0.05) is 18.9 Å². The van der Waals surface area contributed by atoms with Crippen LogP contribution in [0.4, 0.5) is 5.69 Å². The fourth-order valence-corrected chi connectivity index (χ4v) is 2.04. The third-order valence-electron chi connectivity index (χ3n) is 3.08. The highest BCUT2D eigenvalue weighted by Gasteiger charge is 2.21. The second-order valence-electron chi connectivity index (χ2n) is 4.71. The lowest BCUT2D eigenvalue weighted by molar-refractivity contribution is 0.0692. The molecule has 0 aliphatic rings. The minimum absolute atomic E-state index is 0.139. The summed E-state index contributed by atoms with van der Waals surface area (Å²) < 4.78 is 2.86. The molecule has 23 heavy (non-hydrogen) atoms. The van der Waals surface area contributed by atoms with Crippen molar-refractivity contribution in [3.8, 4) is 5.69 Å². The Hall–Kier alpha value is -3.49. The summed E-state index contributed by atoms with van der Waals surface area (Å²) in [6.07, 6.45) is 4.26. The summed E-state index contributed by atoms with van der Waals surface area (Å²) in [7, 11) is 1.55. The maximum Gasteiger partial charge on any atom is 0.339 e. The summed E-state index contributed by atoms with van der Waals surface area (Å²) in [5.74, 6) is -1.79. The van der Waals surface area contributed by atoms with E-state index in [1.807, 2.05) is 0 Å². The molecule has 2 aromatic heterocycles. The highest BCUT2D eigenvalue weighted by atomic mass is 16.4. The number of aryl methyl sites for hydroxylation is 1. The molecule has 9 nitrogen and oxygen atoms in total. The number of carboxylic acid groups (broad SMARTS) is 1. The summed E-state index contributed by atoms with van der Waals surface area (Å²) in [6, 6.07) is 6.86. The van der Waals surface area contributed by atoms with Gasteiger partial charge < -0.3 is 10.4 Å². The van der Waals surface area contributed by atoms with Crippen LogP contribution in [0.1, 0.15) is 20.8 Å². The number of nitrogens with one attached hydrogen (secondary N) is 1. The molecule has 0 saturated heterocycles. The van der Waals surface area contributed by atoms with E-state index in [-0.39, 0.29) is 11.3 Å². The normalized spacial score (nSPS) is 10.5. The monoisotopic (exact) mass is 312 g/mol. The van der Waals surface area contributed by atoms with Crippen molar-refractivity contribution in [2.45, 2.75) is 0 Å². The van der Waals surface area contributed by atoms with Gasteiger partial charge in [0.2, 0.25) is 0 Å². The largest absolute Gasteiger partial charge is 0.478 e. The Morgan fingerprint density at radius 1 is 1.22 bits per heavy atom. The Morgan fingerprint density at radius 3 is 2.57 bits per heavy atom. The maximum atomic E-state index is 12.2. The molecule has 116 valence electrons. The number of benzene rings is 1. The second kappa shape index (κ2) is 5.72. The number of carbonyl (C=O) groups excluding carboxylic acids is 1. The van der Waals surface area contributed by atoms with Crippen LogP contribution >= 0.6 is 0 Å². The van der Waals surface area contributed by atoms with Crippen LogP contribution in [0.3, 0.4) is 0 Å². The fourth-order valence-electron chi connectivity index (χ4n) is 2.04. The van der Waals surface area contributed by atoms with Crippen molar-refractivity contribution in [2.24, 2.45) is 7.05 Å². The van der Waals surface area contributed by atoms with E-state index in [0.29, 0.717) is 5.69 Å². The van der Waals surface area contributed by atoms with E-state index in [2.05, 4.69) is 20.5 Å². The van der Waals surface area contributed by atoms with Crippen molar-refractivity contribution in [2.75, 3.05) is 5.32 Å². The molecule has 0 bridgehead atoms. The lowest BCUT2D eigenvalue weighted by Crippen LogP contribution is -2.16. The van der Waals surface area contributed by atoms with E-state index < -0.39 is 11.9 Å². The quantitative estimate of drug-likeness (QED) is 0.741. The molecule has 1 aromatic carbocycles. The Bertz CT molecular complexity index is 851. The van der Waals surface area contributed by atoms with E-state index in [4.69, 9.17) is 5.11 Å². The molecule has 0 unspecified atom stereocenters. The molecule has 2 heterocycles. The molecule has 3 rings (SSSR count). The first-order valence-electron chi connectivity index (χ1n) is 6.58. The number of aromatic nitrogens is 5. The van der Waals surface area contributed by atoms with Crippen molar-refractivity contribution >= 4 is 17.6 Å². The van der Waals surface area contributed by atoms with E-state index in [0.717, 1.165) is 5.69 Å². The zero-order valence-corrected chi connectivity index (χ0v) is 12.0. The summed E-state index contributed by atoms with van der Waals surface area (Å²) >= 11 is 0. The molecule has 9 heteroatoms. The lowest BCUT2D eigenvalue weighted by atomic mass is 10.2. The van der Waals surface area contributed by atoms with Gasteiger partial charge in [-0.1, -0.05) is 0 Å². The van der Waals surface area contributed by atoms with Gasteiger partial charge in [-0.25, -0.2) is 14.5 Å². The van der Waals surface area contributed by atoms with Crippen LogP contribution in [-0.2, 0) is 7.05 Å². The van der Waals surface area contributed by atoms with Crippen LogP contribution in [0.2, 0.25) is 0 Å². The Kier molecular flexibility index (Phi) is 3.59. The minimum Gasteiger partial charge on any atom is -0.478 e. The predicted molar refractivity (Wildman–Crippen MR) is 79.5 cm³/mol. The number of nitrogens with zero attached hydrogens (tertiary/aromatic N) is 5. The highest BCUT2D eigenvalue weighted by Crippen LogP contribution is 2.14. The van der Waals surface area contributed by atoms with Crippen LogP contribution in [0, 0.1) is 0 Å². The number of anilines is 1.